The van der Waals surface area contributed by atoms with Gasteiger partial charge in [0.05, 0.1) is 5.69 Å². The molecular weight excluding hydrogens is 478 g/mol. The van der Waals surface area contributed by atoms with Crippen LogP contribution in [0.2, 0.25) is 0 Å². The number of likely N-dealkylation sites (tertiary alicyclic amines) is 1. The number of carbonyl (C=O) groups is 2. The minimum atomic E-state index is -0.581. The molecule has 1 amide bonds. The molecule has 0 atom stereocenters. The Morgan fingerprint density at radius 3 is 2.55 bits per heavy atom. The highest BCUT2D eigenvalue weighted by Gasteiger charge is 2.25. The van der Waals surface area contributed by atoms with Crippen LogP contribution in [-0.4, -0.2) is 51.9 Å². The van der Waals surface area contributed by atoms with Crippen molar-refractivity contribution in [3.8, 4) is 11.3 Å². The van der Waals surface area contributed by atoms with Crippen molar-refractivity contribution in [2.45, 2.75) is 23.0 Å². The Bertz CT molecular complexity index is 1050. The third-order valence-corrected chi connectivity index (χ3v) is 7.49. The number of aromatic amines is 1. The number of halogens is 1. The molecule has 3 aromatic rings. The standard InChI is InChI=1S/C23H22BrN3O3S/c24-18-8-4-5-9-21(18)31-17-10-12-27(13-11-17)22(28)15-30-23(29)20-14-19(25-26-20)16-6-2-1-3-7-16/h1-9,14,17H,10-13,15H2,(H,25,26). The summed E-state index contributed by atoms with van der Waals surface area (Å²) in [5.41, 5.74) is 1.79. The molecule has 0 bridgehead atoms. The van der Waals surface area contributed by atoms with Crippen LogP contribution in [0.3, 0.4) is 0 Å². The number of thioether (sulfide) groups is 1. The topological polar surface area (TPSA) is 75.3 Å². The third kappa shape index (κ3) is 5.57. The number of H-pyrrole nitrogens is 1. The zero-order valence-electron chi connectivity index (χ0n) is 16.8. The Morgan fingerprint density at radius 2 is 1.81 bits per heavy atom. The third-order valence-electron chi connectivity index (χ3n) is 5.12. The Labute approximate surface area is 193 Å². The Balaban J connectivity index is 1.24. The summed E-state index contributed by atoms with van der Waals surface area (Å²) in [5.74, 6) is -0.747. The average Bonchev–Trinajstić information content (AvgIpc) is 3.30. The number of nitrogens with one attached hydrogen (secondary N) is 1. The molecule has 0 radical (unpaired) electrons. The number of piperidine rings is 1. The van der Waals surface area contributed by atoms with E-state index in [0.29, 0.717) is 24.0 Å². The molecule has 8 heteroatoms. The SMILES string of the molecule is O=C(OCC(=O)N1CCC(Sc2ccccc2Br)CC1)c1cc(-c2ccccc2)n[nH]1. The van der Waals surface area contributed by atoms with Crippen molar-refractivity contribution in [2.75, 3.05) is 19.7 Å². The van der Waals surface area contributed by atoms with Crippen molar-refractivity contribution in [1.82, 2.24) is 15.1 Å². The molecule has 2 aromatic carbocycles. The van der Waals surface area contributed by atoms with Crippen LogP contribution in [0.25, 0.3) is 11.3 Å². The first-order valence-electron chi connectivity index (χ1n) is 10.1. The first-order valence-corrected chi connectivity index (χ1v) is 11.7. The van der Waals surface area contributed by atoms with Crippen LogP contribution >= 0.6 is 27.7 Å². The van der Waals surface area contributed by atoms with Gasteiger partial charge >= 0.3 is 5.97 Å². The first-order chi connectivity index (χ1) is 15.1. The monoisotopic (exact) mass is 499 g/mol. The number of benzene rings is 2. The number of hydrogen-bond donors (Lipinski definition) is 1. The van der Waals surface area contributed by atoms with Gasteiger partial charge in [-0.3, -0.25) is 9.89 Å². The van der Waals surface area contributed by atoms with Crippen LogP contribution in [0.5, 0.6) is 0 Å². The predicted octanol–water partition coefficient (Wildman–Crippen LogP) is 4.78. The summed E-state index contributed by atoms with van der Waals surface area (Å²) in [6.07, 6.45) is 1.82. The van der Waals surface area contributed by atoms with Crippen LogP contribution in [-0.2, 0) is 9.53 Å². The quantitative estimate of drug-likeness (QED) is 0.494. The summed E-state index contributed by atoms with van der Waals surface area (Å²) in [7, 11) is 0. The molecule has 0 spiro atoms. The van der Waals surface area contributed by atoms with Crippen LogP contribution in [0.15, 0.2) is 70.0 Å². The number of esters is 1. The van der Waals surface area contributed by atoms with Crippen LogP contribution in [0.1, 0.15) is 23.3 Å². The fourth-order valence-corrected chi connectivity index (χ4v) is 5.13. The molecule has 1 fully saturated rings. The molecule has 0 unspecified atom stereocenters. The number of amides is 1. The molecule has 1 N–H and O–H groups in total. The molecule has 31 heavy (non-hydrogen) atoms. The van der Waals surface area contributed by atoms with Gasteiger partial charge in [0.15, 0.2) is 6.61 Å². The van der Waals surface area contributed by atoms with Gasteiger partial charge in [-0.1, -0.05) is 42.5 Å². The van der Waals surface area contributed by atoms with E-state index >= 15 is 0 Å². The Hall–Kier alpha value is -2.58. The van der Waals surface area contributed by atoms with Gasteiger partial charge in [0.1, 0.15) is 5.69 Å². The Morgan fingerprint density at radius 1 is 1.10 bits per heavy atom. The number of nitrogens with zero attached hydrogens (tertiary/aromatic N) is 2. The van der Waals surface area contributed by atoms with E-state index in [1.165, 1.54) is 4.90 Å². The highest BCUT2D eigenvalue weighted by molar-refractivity contribution is 9.10. The van der Waals surface area contributed by atoms with Gasteiger partial charge in [-0.2, -0.15) is 5.10 Å². The molecule has 4 rings (SSSR count). The lowest BCUT2D eigenvalue weighted by Gasteiger charge is -2.31. The van der Waals surface area contributed by atoms with E-state index in [2.05, 4.69) is 32.2 Å². The van der Waals surface area contributed by atoms with E-state index in [9.17, 15) is 9.59 Å². The molecule has 0 aliphatic carbocycles. The zero-order chi connectivity index (χ0) is 21.6. The van der Waals surface area contributed by atoms with Crippen molar-refractivity contribution in [3.63, 3.8) is 0 Å². The van der Waals surface area contributed by atoms with Crippen molar-refractivity contribution >= 4 is 39.6 Å². The fraction of sp³-hybridized carbons (Fsp3) is 0.261. The lowest BCUT2D eigenvalue weighted by molar-refractivity contribution is -0.135. The highest BCUT2D eigenvalue weighted by atomic mass is 79.9. The van der Waals surface area contributed by atoms with Gasteiger partial charge in [-0.25, -0.2) is 4.79 Å². The lowest BCUT2D eigenvalue weighted by atomic mass is 10.1. The minimum absolute atomic E-state index is 0.166. The summed E-state index contributed by atoms with van der Waals surface area (Å²) in [5, 5.41) is 7.30. The average molecular weight is 500 g/mol. The van der Waals surface area contributed by atoms with E-state index in [-0.39, 0.29) is 18.2 Å². The van der Waals surface area contributed by atoms with E-state index in [1.807, 2.05) is 60.3 Å². The Kier molecular flexibility index (Phi) is 7.09. The van der Waals surface area contributed by atoms with Gasteiger partial charge in [0.2, 0.25) is 0 Å². The normalized spacial score (nSPS) is 14.4. The molecule has 160 valence electrons. The zero-order valence-corrected chi connectivity index (χ0v) is 19.2. The second-order valence-electron chi connectivity index (χ2n) is 7.24. The van der Waals surface area contributed by atoms with Crippen molar-refractivity contribution in [1.29, 1.82) is 0 Å². The predicted molar refractivity (Wildman–Crippen MR) is 124 cm³/mol. The number of carbonyl (C=O) groups excluding carboxylic acids is 2. The molecular formula is C23H22BrN3O3S. The minimum Gasteiger partial charge on any atom is -0.451 e. The maximum Gasteiger partial charge on any atom is 0.356 e. The number of hydrogen-bond acceptors (Lipinski definition) is 5. The van der Waals surface area contributed by atoms with Gasteiger partial charge in [-0.15, -0.1) is 11.8 Å². The maximum atomic E-state index is 12.5. The van der Waals surface area contributed by atoms with Gasteiger partial charge < -0.3 is 9.64 Å². The molecule has 2 heterocycles. The molecule has 1 aromatic heterocycles. The summed E-state index contributed by atoms with van der Waals surface area (Å²) in [6, 6.07) is 19.3. The summed E-state index contributed by atoms with van der Waals surface area (Å²) >= 11 is 5.42. The smallest absolute Gasteiger partial charge is 0.356 e. The van der Waals surface area contributed by atoms with Crippen LogP contribution in [0.4, 0.5) is 0 Å². The molecule has 0 saturated carbocycles. The molecule has 6 nitrogen and oxygen atoms in total. The first kappa shape index (κ1) is 21.6. The van der Waals surface area contributed by atoms with E-state index < -0.39 is 5.97 Å². The van der Waals surface area contributed by atoms with Gasteiger partial charge in [0, 0.05) is 33.3 Å². The second kappa shape index (κ2) is 10.2. The van der Waals surface area contributed by atoms with Crippen molar-refractivity contribution in [2.24, 2.45) is 0 Å². The fourth-order valence-electron chi connectivity index (χ4n) is 3.42. The largest absolute Gasteiger partial charge is 0.451 e. The molecule has 1 saturated heterocycles. The van der Waals surface area contributed by atoms with Gasteiger partial charge in [0.25, 0.3) is 5.91 Å². The summed E-state index contributed by atoms with van der Waals surface area (Å²) in [4.78, 5) is 27.8. The van der Waals surface area contributed by atoms with E-state index in [4.69, 9.17) is 4.74 Å². The molecule has 1 aliphatic heterocycles. The van der Waals surface area contributed by atoms with Gasteiger partial charge in [-0.05, 0) is 47.0 Å². The van der Waals surface area contributed by atoms with E-state index in [0.717, 1.165) is 22.9 Å². The number of ether oxygens (including phenoxy) is 1. The summed E-state index contributed by atoms with van der Waals surface area (Å²) < 4.78 is 6.31. The molecule has 1 aliphatic rings. The maximum absolute atomic E-state index is 12.5. The second-order valence-corrected chi connectivity index (χ2v) is 9.43. The summed E-state index contributed by atoms with van der Waals surface area (Å²) in [6.45, 7) is 1.07. The van der Waals surface area contributed by atoms with Crippen molar-refractivity contribution in [3.05, 3.63) is 70.8 Å². The van der Waals surface area contributed by atoms with E-state index in [1.54, 1.807) is 11.0 Å². The van der Waals surface area contributed by atoms with Crippen molar-refractivity contribution < 1.29 is 14.3 Å². The van der Waals surface area contributed by atoms with Crippen LogP contribution in [0, 0.1) is 0 Å². The highest BCUT2D eigenvalue weighted by Crippen LogP contribution is 2.34. The van der Waals surface area contributed by atoms with Crippen LogP contribution < -0.4 is 0 Å². The number of aromatic nitrogens is 2. The lowest BCUT2D eigenvalue weighted by Crippen LogP contribution is -2.41. The number of rotatable bonds is 6.